The van der Waals surface area contributed by atoms with Crippen molar-refractivity contribution in [2.75, 3.05) is 13.2 Å². The zero-order chi connectivity index (χ0) is 16.7. The van der Waals surface area contributed by atoms with E-state index in [0.717, 1.165) is 0 Å². The Kier molecular flexibility index (Phi) is 2.98. The molecule has 4 aliphatic carbocycles. The van der Waals surface area contributed by atoms with Gasteiger partial charge in [0, 0.05) is 11.8 Å². The van der Waals surface area contributed by atoms with Crippen LogP contribution in [0.5, 0.6) is 0 Å². The largest absolute Gasteiger partial charge is 0.481 e. The van der Waals surface area contributed by atoms with Gasteiger partial charge in [-0.15, -0.1) is 0 Å². The molecule has 0 aromatic carbocycles. The van der Waals surface area contributed by atoms with Gasteiger partial charge in [0.15, 0.2) is 5.79 Å². The monoisotopic (exact) mass is 338 g/mol. The molecular weight excluding hydrogens is 320 g/mol. The average Bonchev–Trinajstić information content (AvgIpc) is 2.53. The van der Waals surface area contributed by atoms with Crippen molar-refractivity contribution < 1.29 is 36.9 Å². The summed E-state index contributed by atoms with van der Waals surface area (Å²) in [5, 5.41) is 9.57. The maximum atomic E-state index is 13.6. The van der Waals surface area contributed by atoms with Crippen LogP contribution in [0.2, 0.25) is 0 Å². The summed E-state index contributed by atoms with van der Waals surface area (Å²) < 4.78 is 65.0. The van der Waals surface area contributed by atoms with Gasteiger partial charge in [0.25, 0.3) is 0 Å². The number of hydrogen-bond acceptors (Lipinski definition) is 3. The summed E-state index contributed by atoms with van der Waals surface area (Å²) in [6, 6.07) is 0. The SMILES string of the molecule is O=C(O)C12CC3CC(C1)C1(OCC(F)(F)C(F)(F)CO1)C(C3)C2. The molecular formula is C15H18F4O4. The third kappa shape index (κ3) is 1.94. The Morgan fingerprint density at radius 3 is 1.83 bits per heavy atom. The Labute approximate surface area is 130 Å². The molecule has 130 valence electrons. The van der Waals surface area contributed by atoms with E-state index >= 15 is 0 Å². The van der Waals surface area contributed by atoms with E-state index < -0.39 is 54.1 Å². The Morgan fingerprint density at radius 1 is 0.913 bits per heavy atom. The molecule has 1 N–H and O–H groups in total. The zero-order valence-electron chi connectivity index (χ0n) is 12.4. The highest BCUT2D eigenvalue weighted by Gasteiger charge is 2.70. The quantitative estimate of drug-likeness (QED) is 0.747. The van der Waals surface area contributed by atoms with Crippen molar-refractivity contribution in [3.8, 4) is 0 Å². The van der Waals surface area contributed by atoms with E-state index in [2.05, 4.69) is 0 Å². The van der Waals surface area contributed by atoms with Crippen molar-refractivity contribution in [3.05, 3.63) is 0 Å². The molecule has 1 aliphatic heterocycles. The third-order valence-electron chi connectivity index (χ3n) is 6.27. The van der Waals surface area contributed by atoms with E-state index in [0.29, 0.717) is 19.3 Å². The number of alkyl halides is 4. The Hall–Kier alpha value is -0.890. The fourth-order valence-electron chi connectivity index (χ4n) is 5.32. The molecule has 5 fully saturated rings. The fourth-order valence-corrected chi connectivity index (χ4v) is 5.32. The van der Waals surface area contributed by atoms with E-state index in [9.17, 15) is 27.5 Å². The summed E-state index contributed by atoms with van der Waals surface area (Å²) in [6.45, 7) is -2.78. The van der Waals surface area contributed by atoms with Crippen molar-refractivity contribution in [3.63, 3.8) is 0 Å². The lowest BCUT2D eigenvalue weighted by Crippen LogP contribution is -2.64. The second-order valence-corrected chi connectivity index (χ2v) is 7.64. The summed E-state index contributed by atoms with van der Waals surface area (Å²) in [7, 11) is 0. The molecule has 1 saturated heterocycles. The van der Waals surface area contributed by atoms with Crippen molar-refractivity contribution >= 4 is 5.97 Å². The van der Waals surface area contributed by atoms with Crippen LogP contribution in [-0.2, 0) is 14.3 Å². The molecule has 2 unspecified atom stereocenters. The molecule has 5 rings (SSSR count). The highest BCUT2D eigenvalue weighted by atomic mass is 19.3. The van der Waals surface area contributed by atoms with Crippen LogP contribution in [0.15, 0.2) is 0 Å². The number of aliphatic carboxylic acids is 1. The molecule has 0 aromatic heterocycles. The molecule has 1 heterocycles. The summed E-state index contributed by atoms with van der Waals surface area (Å²) in [5.74, 6) is -11.6. The van der Waals surface area contributed by atoms with Gasteiger partial charge >= 0.3 is 17.8 Å². The van der Waals surface area contributed by atoms with Crippen LogP contribution in [0.25, 0.3) is 0 Å². The van der Waals surface area contributed by atoms with E-state index in [4.69, 9.17) is 9.47 Å². The Morgan fingerprint density at radius 2 is 1.39 bits per heavy atom. The minimum atomic E-state index is -4.28. The predicted molar refractivity (Wildman–Crippen MR) is 68.2 cm³/mol. The van der Waals surface area contributed by atoms with Crippen LogP contribution >= 0.6 is 0 Å². The maximum absolute atomic E-state index is 13.6. The molecule has 0 amide bonds. The number of hydrogen-bond donors (Lipinski definition) is 1. The number of carboxylic acid groups (broad SMARTS) is 1. The van der Waals surface area contributed by atoms with E-state index in [-0.39, 0.29) is 18.8 Å². The smallest absolute Gasteiger partial charge is 0.335 e. The molecule has 23 heavy (non-hydrogen) atoms. The van der Waals surface area contributed by atoms with Gasteiger partial charge in [-0.3, -0.25) is 4.79 Å². The van der Waals surface area contributed by atoms with Gasteiger partial charge in [-0.05, 0) is 38.0 Å². The van der Waals surface area contributed by atoms with Crippen molar-refractivity contribution in [1.29, 1.82) is 0 Å². The van der Waals surface area contributed by atoms with Crippen molar-refractivity contribution in [1.82, 2.24) is 0 Å². The highest BCUT2D eigenvalue weighted by Crippen LogP contribution is 2.65. The van der Waals surface area contributed by atoms with Crippen LogP contribution in [0, 0.1) is 23.2 Å². The van der Waals surface area contributed by atoms with Crippen LogP contribution < -0.4 is 0 Å². The number of halogens is 4. The van der Waals surface area contributed by atoms with Gasteiger partial charge in [0.2, 0.25) is 0 Å². The van der Waals surface area contributed by atoms with Crippen LogP contribution in [0.4, 0.5) is 17.6 Å². The van der Waals surface area contributed by atoms with Gasteiger partial charge < -0.3 is 14.6 Å². The lowest BCUT2D eigenvalue weighted by atomic mass is 9.47. The Bertz CT molecular complexity index is 514. The first kappa shape index (κ1) is 15.6. The van der Waals surface area contributed by atoms with E-state index in [1.165, 1.54) is 0 Å². The minimum Gasteiger partial charge on any atom is -0.481 e. The number of carboxylic acids is 1. The summed E-state index contributed by atoms with van der Waals surface area (Å²) in [6.07, 6.45) is 2.22. The molecule has 0 aromatic rings. The fraction of sp³-hybridized carbons (Fsp3) is 0.933. The zero-order valence-corrected chi connectivity index (χ0v) is 12.4. The molecule has 1 spiro atoms. The lowest BCUT2D eigenvalue weighted by molar-refractivity contribution is -0.345. The topological polar surface area (TPSA) is 55.8 Å². The first-order valence-electron chi connectivity index (χ1n) is 7.87. The average molecular weight is 338 g/mol. The number of carbonyl (C=O) groups is 1. The second-order valence-electron chi connectivity index (χ2n) is 7.64. The Balaban J connectivity index is 1.67. The number of rotatable bonds is 1. The molecule has 4 nitrogen and oxygen atoms in total. The number of ether oxygens (including phenoxy) is 2. The second kappa shape index (κ2) is 4.39. The predicted octanol–water partition coefficient (Wildman–Crippen LogP) is 2.91. The van der Waals surface area contributed by atoms with Crippen LogP contribution in [-0.4, -0.2) is 41.9 Å². The first-order valence-corrected chi connectivity index (χ1v) is 7.87. The summed E-state index contributed by atoms with van der Waals surface area (Å²) >= 11 is 0. The highest BCUT2D eigenvalue weighted by molar-refractivity contribution is 5.75. The normalized spacial score (nSPS) is 45.8. The van der Waals surface area contributed by atoms with Crippen molar-refractivity contribution in [2.45, 2.75) is 49.7 Å². The third-order valence-corrected chi connectivity index (χ3v) is 6.27. The van der Waals surface area contributed by atoms with Gasteiger partial charge in [0.1, 0.15) is 13.2 Å². The van der Waals surface area contributed by atoms with Gasteiger partial charge in [-0.2, -0.15) is 17.6 Å². The van der Waals surface area contributed by atoms with E-state index in [1.54, 1.807) is 0 Å². The molecule has 2 atom stereocenters. The summed E-state index contributed by atoms with van der Waals surface area (Å²) in [4.78, 5) is 11.7. The standard InChI is InChI=1S/C15H18F4O4/c16-13(17)6-22-15(23-7-14(13,18)19)9-1-8-2-10(15)5-12(3-8,4-9)11(20)21/h8-10H,1-7H2,(H,20,21). The first-order chi connectivity index (χ1) is 10.6. The van der Waals surface area contributed by atoms with Crippen LogP contribution in [0.3, 0.4) is 0 Å². The molecule has 4 saturated carbocycles. The lowest BCUT2D eigenvalue weighted by Gasteiger charge is -2.62. The molecule has 0 radical (unpaired) electrons. The molecule has 8 heteroatoms. The van der Waals surface area contributed by atoms with Gasteiger partial charge in [-0.1, -0.05) is 0 Å². The van der Waals surface area contributed by atoms with Gasteiger partial charge in [0.05, 0.1) is 5.41 Å². The van der Waals surface area contributed by atoms with Gasteiger partial charge in [-0.25, -0.2) is 0 Å². The van der Waals surface area contributed by atoms with Crippen LogP contribution in [0.1, 0.15) is 32.1 Å². The summed E-state index contributed by atoms with van der Waals surface area (Å²) in [5.41, 5.74) is -0.883. The van der Waals surface area contributed by atoms with Crippen molar-refractivity contribution in [2.24, 2.45) is 23.2 Å². The minimum absolute atomic E-state index is 0.172. The molecule has 5 aliphatic rings. The van der Waals surface area contributed by atoms with E-state index in [1.807, 2.05) is 0 Å². The maximum Gasteiger partial charge on any atom is 0.335 e. The molecule has 4 bridgehead atoms.